The normalized spacial score (nSPS) is 12.3. The molecule has 90 valence electrons. The maximum Gasteiger partial charge on any atom is 0.242 e. The summed E-state index contributed by atoms with van der Waals surface area (Å²) in [7, 11) is 0. The van der Waals surface area contributed by atoms with Crippen LogP contribution in [0, 0.1) is 0 Å². The molecule has 0 radical (unpaired) electrons. The van der Waals surface area contributed by atoms with E-state index < -0.39 is 0 Å². The van der Waals surface area contributed by atoms with Crippen LogP contribution >= 0.6 is 11.3 Å². The van der Waals surface area contributed by atoms with Gasteiger partial charge in [0.1, 0.15) is 6.54 Å². The van der Waals surface area contributed by atoms with Crippen LogP contribution in [0.15, 0.2) is 29.9 Å². The van der Waals surface area contributed by atoms with Gasteiger partial charge in [0.2, 0.25) is 5.91 Å². The molecular formula is C11H14N4OS. The first-order valence-corrected chi connectivity index (χ1v) is 6.14. The topological polar surface area (TPSA) is 72.9 Å². The Kier molecular flexibility index (Phi) is 3.43. The fourth-order valence-corrected chi connectivity index (χ4v) is 2.24. The van der Waals surface area contributed by atoms with E-state index in [1.807, 2.05) is 24.4 Å². The van der Waals surface area contributed by atoms with Gasteiger partial charge in [0.05, 0.1) is 17.9 Å². The van der Waals surface area contributed by atoms with Crippen molar-refractivity contribution >= 4 is 22.9 Å². The van der Waals surface area contributed by atoms with Gasteiger partial charge in [-0.1, -0.05) is 6.07 Å². The Morgan fingerprint density at radius 1 is 1.71 bits per heavy atom. The van der Waals surface area contributed by atoms with E-state index in [1.54, 1.807) is 17.5 Å². The summed E-state index contributed by atoms with van der Waals surface area (Å²) < 4.78 is 1.52. The minimum Gasteiger partial charge on any atom is -0.396 e. The molecule has 2 heterocycles. The quantitative estimate of drug-likeness (QED) is 0.861. The molecule has 3 N–H and O–H groups in total. The standard InChI is InChI=1S/C11H14N4OS/c1-8(10-3-2-4-17-10)14-11(16)7-15-6-9(12)5-13-15/h2-6,8H,7,12H2,1H3,(H,14,16). The van der Waals surface area contributed by atoms with Gasteiger partial charge in [-0.2, -0.15) is 5.10 Å². The predicted molar refractivity (Wildman–Crippen MR) is 67.5 cm³/mol. The lowest BCUT2D eigenvalue weighted by molar-refractivity contribution is -0.122. The monoisotopic (exact) mass is 250 g/mol. The number of nitrogens with zero attached hydrogens (tertiary/aromatic N) is 2. The Balaban J connectivity index is 1.89. The van der Waals surface area contributed by atoms with Crippen molar-refractivity contribution in [2.45, 2.75) is 19.5 Å². The molecule has 6 heteroatoms. The first kappa shape index (κ1) is 11.7. The average Bonchev–Trinajstić information content (AvgIpc) is 2.89. The van der Waals surface area contributed by atoms with Crippen LogP contribution in [-0.4, -0.2) is 15.7 Å². The summed E-state index contributed by atoms with van der Waals surface area (Å²) in [5.41, 5.74) is 6.08. The zero-order chi connectivity index (χ0) is 12.3. The third-order valence-electron chi connectivity index (χ3n) is 2.31. The van der Waals surface area contributed by atoms with Crippen molar-refractivity contribution in [3.8, 4) is 0 Å². The smallest absolute Gasteiger partial charge is 0.242 e. The summed E-state index contributed by atoms with van der Waals surface area (Å²) in [4.78, 5) is 12.9. The largest absolute Gasteiger partial charge is 0.396 e. The number of rotatable bonds is 4. The van der Waals surface area contributed by atoms with E-state index >= 15 is 0 Å². The van der Waals surface area contributed by atoms with Crippen molar-refractivity contribution in [3.63, 3.8) is 0 Å². The molecule has 1 atom stereocenters. The van der Waals surface area contributed by atoms with Crippen LogP contribution in [0.4, 0.5) is 5.69 Å². The second kappa shape index (κ2) is 5.01. The highest BCUT2D eigenvalue weighted by atomic mass is 32.1. The molecule has 0 aliphatic rings. The number of anilines is 1. The molecule has 0 bridgehead atoms. The van der Waals surface area contributed by atoms with E-state index in [9.17, 15) is 4.79 Å². The molecule has 0 saturated carbocycles. The molecule has 17 heavy (non-hydrogen) atoms. The first-order chi connectivity index (χ1) is 8.15. The fraction of sp³-hybridized carbons (Fsp3) is 0.273. The highest BCUT2D eigenvalue weighted by Crippen LogP contribution is 2.17. The van der Waals surface area contributed by atoms with Crippen molar-refractivity contribution in [3.05, 3.63) is 34.8 Å². The predicted octanol–water partition coefficient (Wildman–Crippen LogP) is 1.40. The molecule has 0 aromatic carbocycles. The van der Waals surface area contributed by atoms with Crippen LogP contribution in [0.2, 0.25) is 0 Å². The van der Waals surface area contributed by atoms with E-state index in [0.29, 0.717) is 5.69 Å². The van der Waals surface area contributed by atoms with Crippen molar-refractivity contribution in [1.29, 1.82) is 0 Å². The molecule has 0 aliphatic carbocycles. The Hall–Kier alpha value is -1.82. The lowest BCUT2D eigenvalue weighted by atomic mass is 10.3. The third-order valence-corrected chi connectivity index (χ3v) is 3.36. The summed E-state index contributed by atoms with van der Waals surface area (Å²) in [5, 5.41) is 8.86. The Labute approximate surface area is 103 Å². The molecule has 5 nitrogen and oxygen atoms in total. The highest BCUT2D eigenvalue weighted by molar-refractivity contribution is 7.10. The van der Waals surface area contributed by atoms with Crippen LogP contribution in [0.3, 0.4) is 0 Å². The first-order valence-electron chi connectivity index (χ1n) is 5.26. The van der Waals surface area contributed by atoms with Gasteiger partial charge in [-0.25, -0.2) is 0 Å². The number of nitrogens with one attached hydrogen (secondary N) is 1. The van der Waals surface area contributed by atoms with E-state index in [2.05, 4.69) is 10.4 Å². The number of amides is 1. The maximum atomic E-state index is 11.7. The average molecular weight is 250 g/mol. The third kappa shape index (κ3) is 3.07. The molecule has 2 aromatic rings. The molecule has 2 rings (SSSR count). The van der Waals surface area contributed by atoms with Crippen molar-refractivity contribution < 1.29 is 4.79 Å². The van der Waals surface area contributed by atoms with Gasteiger partial charge in [-0.05, 0) is 18.4 Å². The van der Waals surface area contributed by atoms with Crippen LogP contribution in [0.5, 0.6) is 0 Å². The minimum absolute atomic E-state index is 0.0235. The van der Waals surface area contributed by atoms with Gasteiger partial charge in [0.15, 0.2) is 0 Å². The number of hydrogen-bond donors (Lipinski definition) is 2. The van der Waals surface area contributed by atoms with Gasteiger partial charge < -0.3 is 11.1 Å². The lowest BCUT2D eigenvalue weighted by Gasteiger charge is -2.11. The number of carbonyl (C=O) groups is 1. The Bertz CT molecular complexity index is 491. The molecule has 2 aromatic heterocycles. The van der Waals surface area contributed by atoms with Gasteiger partial charge in [-0.3, -0.25) is 9.48 Å². The number of hydrogen-bond acceptors (Lipinski definition) is 4. The maximum absolute atomic E-state index is 11.7. The molecule has 0 aliphatic heterocycles. The molecule has 0 fully saturated rings. The SMILES string of the molecule is CC(NC(=O)Cn1cc(N)cn1)c1cccs1. The lowest BCUT2D eigenvalue weighted by Crippen LogP contribution is -2.29. The number of nitrogens with two attached hydrogens (primary N) is 1. The Morgan fingerprint density at radius 2 is 2.53 bits per heavy atom. The van der Waals surface area contributed by atoms with Gasteiger partial charge in [-0.15, -0.1) is 11.3 Å². The molecule has 0 spiro atoms. The van der Waals surface area contributed by atoms with Crippen molar-refractivity contribution in [1.82, 2.24) is 15.1 Å². The van der Waals surface area contributed by atoms with Crippen LogP contribution < -0.4 is 11.1 Å². The van der Waals surface area contributed by atoms with E-state index in [-0.39, 0.29) is 18.5 Å². The van der Waals surface area contributed by atoms with Crippen LogP contribution in [0.1, 0.15) is 17.8 Å². The van der Waals surface area contributed by atoms with E-state index in [4.69, 9.17) is 5.73 Å². The van der Waals surface area contributed by atoms with Gasteiger partial charge >= 0.3 is 0 Å². The highest BCUT2D eigenvalue weighted by Gasteiger charge is 2.10. The van der Waals surface area contributed by atoms with Gasteiger partial charge in [0.25, 0.3) is 0 Å². The molecular weight excluding hydrogens is 236 g/mol. The number of aromatic nitrogens is 2. The minimum atomic E-state index is -0.0750. The van der Waals surface area contributed by atoms with Crippen LogP contribution in [-0.2, 0) is 11.3 Å². The summed E-state index contributed by atoms with van der Waals surface area (Å²) >= 11 is 1.63. The molecule has 1 unspecified atom stereocenters. The van der Waals surface area contributed by atoms with Crippen LogP contribution in [0.25, 0.3) is 0 Å². The van der Waals surface area contributed by atoms with Crippen molar-refractivity contribution in [2.75, 3.05) is 5.73 Å². The Morgan fingerprint density at radius 3 is 3.12 bits per heavy atom. The summed E-state index contributed by atoms with van der Waals surface area (Å²) in [6, 6.07) is 3.99. The summed E-state index contributed by atoms with van der Waals surface area (Å²) in [5.74, 6) is -0.0750. The second-order valence-corrected chi connectivity index (χ2v) is 4.76. The van der Waals surface area contributed by atoms with E-state index in [0.717, 1.165) is 4.88 Å². The van der Waals surface area contributed by atoms with Gasteiger partial charge in [0, 0.05) is 11.1 Å². The summed E-state index contributed by atoms with van der Waals surface area (Å²) in [6.45, 7) is 2.15. The second-order valence-electron chi connectivity index (χ2n) is 3.78. The number of thiophene rings is 1. The fourth-order valence-electron chi connectivity index (χ4n) is 1.51. The zero-order valence-electron chi connectivity index (χ0n) is 9.46. The zero-order valence-corrected chi connectivity index (χ0v) is 10.3. The van der Waals surface area contributed by atoms with E-state index in [1.165, 1.54) is 10.9 Å². The number of nitrogen functional groups attached to an aromatic ring is 1. The summed E-state index contributed by atoms with van der Waals surface area (Å²) in [6.07, 6.45) is 3.16. The molecule has 0 saturated heterocycles. The molecule has 1 amide bonds. The number of carbonyl (C=O) groups excluding carboxylic acids is 1. The van der Waals surface area contributed by atoms with Crippen molar-refractivity contribution in [2.24, 2.45) is 0 Å².